The maximum Gasteiger partial charge on any atom is 0.224 e. The number of aliphatic hydroxyl groups is 2. The highest BCUT2D eigenvalue weighted by Gasteiger charge is 2.13. The lowest BCUT2D eigenvalue weighted by molar-refractivity contribution is -0.120. The van der Waals surface area contributed by atoms with Crippen LogP contribution in [0.25, 0.3) is 0 Å². The van der Waals surface area contributed by atoms with Crippen molar-refractivity contribution in [2.45, 2.75) is 44.9 Å². The Kier molecular flexibility index (Phi) is 9.58. The molecule has 0 unspecified atom stereocenters. The number of pyridine rings is 1. The maximum absolute atomic E-state index is 12.3. The van der Waals surface area contributed by atoms with E-state index >= 15 is 0 Å². The topological polar surface area (TPSA) is 115 Å². The molecule has 7 nitrogen and oxygen atoms in total. The first-order chi connectivity index (χ1) is 16.4. The molecule has 3 rings (SSSR count). The average molecular weight is 464 g/mol. The Hall–Kier alpha value is -3.26. The van der Waals surface area contributed by atoms with E-state index in [0.29, 0.717) is 37.1 Å². The second kappa shape index (κ2) is 12.8. The molecule has 0 saturated heterocycles. The van der Waals surface area contributed by atoms with Gasteiger partial charge < -0.3 is 26.0 Å². The highest BCUT2D eigenvalue weighted by molar-refractivity contribution is 5.78. The van der Waals surface area contributed by atoms with Crippen molar-refractivity contribution in [3.63, 3.8) is 0 Å². The van der Waals surface area contributed by atoms with Gasteiger partial charge in [0.15, 0.2) is 0 Å². The van der Waals surface area contributed by atoms with Gasteiger partial charge in [0.05, 0.1) is 19.1 Å². The molecule has 180 valence electrons. The third kappa shape index (κ3) is 7.95. The van der Waals surface area contributed by atoms with E-state index in [1.807, 2.05) is 49.4 Å². The van der Waals surface area contributed by atoms with E-state index in [2.05, 4.69) is 15.6 Å². The number of benzene rings is 2. The number of carbonyl (C=O) groups excluding carboxylic acids is 1. The van der Waals surface area contributed by atoms with Gasteiger partial charge in [-0.15, -0.1) is 0 Å². The van der Waals surface area contributed by atoms with Crippen LogP contribution in [0.2, 0.25) is 0 Å². The minimum Gasteiger partial charge on any atom is -0.508 e. The molecule has 5 N–H and O–H groups in total. The summed E-state index contributed by atoms with van der Waals surface area (Å²) in [5, 5.41) is 35.7. The Labute approximate surface area is 200 Å². The third-order valence-corrected chi connectivity index (χ3v) is 5.65. The van der Waals surface area contributed by atoms with Crippen molar-refractivity contribution in [3.8, 4) is 5.75 Å². The molecule has 2 aromatic carbocycles. The van der Waals surface area contributed by atoms with Crippen molar-refractivity contribution in [3.05, 3.63) is 94.8 Å². The summed E-state index contributed by atoms with van der Waals surface area (Å²) in [5.74, 6) is 0.0000618. The number of nitrogens with zero attached hydrogens (tertiary/aromatic N) is 1. The molecular weight excluding hydrogens is 430 g/mol. The Morgan fingerprint density at radius 1 is 1.06 bits per heavy atom. The smallest absolute Gasteiger partial charge is 0.224 e. The van der Waals surface area contributed by atoms with Crippen molar-refractivity contribution in [1.82, 2.24) is 15.6 Å². The van der Waals surface area contributed by atoms with Gasteiger partial charge in [0, 0.05) is 43.0 Å². The van der Waals surface area contributed by atoms with Crippen LogP contribution < -0.4 is 10.6 Å². The number of phenols is 1. The van der Waals surface area contributed by atoms with Gasteiger partial charge in [0.25, 0.3) is 0 Å². The van der Waals surface area contributed by atoms with E-state index in [1.165, 1.54) is 6.07 Å². The van der Waals surface area contributed by atoms with E-state index in [9.17, 15) is 20.1 Å². The molecule has 0 aliphatic rings. The van der Waals surface area contributed by atoms with Gasteiger partial charge in [-0.1, -0.05) is 36.4 Å². The highest BCUT2D eigenvalue weighted by atomic mass is 16.3. The van der Waals surface area contributed by atoms with Gasteiger partial charge in [-0.3, -0.25) is 9.78 Å². The van der Waals surface area contributed by atoms with Gasteiger partial charge in [-0.25, -0.2) is 0 Å². The fourth-order valence-corrected chi connectivity index (χ4v) is 3.79. The van der Waals surface area contributed by atoms with E-state index in [1.54, 1.807) is 18.3 Å². The predicted octanol–water partition coefficient (Wildman–Crippen LogP) is 2.44. The normalized spacial score (nSPS) is 12.8. The number of aromatic hydroxyl groups is 1. The molecule has 1 heterocycles. The molecule has 1 amide bonds. The predicted molar refractivity (Wildman–Crippen MR) is 131 cm³/mol. The summed E-state index contributed by atoms with van der Waals surface area (Å²) in [6.07, 6.45) is 2.77. The Bertz CT molecular complexity index is 1060. The van der Waals surface area contributed by atoms with Gasteiger partial charge >= 0.3 is 0 Å². The molecule has 0 bridgehead atoms. The molecule has 0 saturated carbocycles. The van der Waals surface area contributed by atoms with Crippen LogP contribution in [0.3, 0.4) is 0 Å². The van der Waals surface area contributed by atoms with Crippen LogP contribution in [0.5, 0.6) is 5.75 Å². The lowest BCUT2D eigenvalue weighted by atomic mass is 10.0. The average Bonchev–Trinajstić information content (AvgIpc) is 2.83. The van der Waals surface area contributed by atoms with Crippen molar-refractivity contribution < 1.29 is 20.1 Å². The van der Waals surface area contributed by atoms with Gasteiger partial charge in [-0.2, -0.15) is 0 Å². The minimum atomic E-state index is -0.755. The Balaban J connectivity index is 1.44. The fourth-order valence-electron chi connectivity index (χ4n) is 3.79. The first-order valence-corrected chi connectivity index (χ1v) is 11.5. The van der Waals surface area contributed by atoms with Crippen LogP contribution in [-0.4, -0.2) is 45.3 Å². The number of hydrogen-bond acceptors (Lipinski definition) is 6. The number of aliphatic hydroxyl groups excluding tert-OH is 2. The molecule has 3 aromatic rings. The summed E-state index contributed by atoms with van der Waals surface area (Å²) < 4.78 is 0. The third-order valence-electron chi connectivity index (χ3n) is 5.65. The van der Waals surface area contributed by atoms with Crippen molar-refractivity contribution in [2.75, 3.05) is 13.1 Å². The minimum absolute atomic E-state index is 0.0153. The molecule has 0 aliphatic heterocycles. The number of aromatic nitrogens is 1. The maximum atomic E-state index is 12.3. The molecule has 0 spiro atoms. The SMILES string of the molecule is C[C@H](Cc1cccc(CC(=O)NCCc2ccccn2)c1)NC[C@@H](O)c1ccc(O)c(CO)c1. The van der Waals surface area contributed by atoms with Crippen LogP contribution in [-0.2, 0) is 30.7 Å². The van der Waals surface area contributed by atoms with E-state index in [-0.39, 0.29) is 24.3 Å². The summed E-state index contributed by atoms with van der Waals surface area (Å²) in [6, 6.07) is 18.6. The van der Waals surface area contributed by atoms with E-state index in [0.717, 1.165) is 23.2 Å². The molecule has 2 atom stereocenters. The zero-order valence-corrected chi connectivity index (χ0v) is 19.4. The zero-order valence-electron chi connectivity index (χ0n) is 19.4. The summed E-state index contributed by atoms with van der Waals surface area (Å²) in [7, 11) is 0. The van der Waals surface area contributed by atoms with Crippen LogP contribution in [0.4, 0.5) is 0 Å². The van der Waals surface area contributed by atoms with E-state index in [4.69, 9.17) is 0 Å². The summed E-state index contributed by atoms with van der Waals surface area (Å²) in [5.41, 5.74) is 4.05. The van der Waals surface area contributed by atoms with Crippen LogP contribution in [0.1, 0.15) is 41.0 Å². The first-order valence-electron chi connectivity index (χ1n) is 11.5. The Morgan fingerprint density at radius 3 is 2.65 bits per heavy atom. The largest absolute Gasteiger partial charge is 0.508 e. The van der Waals surface area contributed by atoms with Crippen LogP contribution >= 0.6 is 0 Å². The lowest BCUT2D eigenvalue weighted by Crippen LogP contribution is -2.32. The van der Waals surface area contributed by atoms with Crippen molar-refractivity contribution in [2.24, 2.45) is 0 Å². The monoisotopic (exact) mass is 463 g/mol. The number of carbonyl (C=O) groups is 1. The number of rotatable bonds is 12. The quantitative estimate of drug-likeness (QED) is 0.282. The number of nitrogens with one attached hydrogen (secondary N) is 2. The second-order valence-corrected chi connectivity index (χ2v) is 8.49. The van der Waals surface area contributed by atoms with E-state index < -0.39 is 6.10 Å². The standard InChI is InChI=1S/C27H33N3O4/c1-19(30-17-26(33)22-8-9-25(32)23(16-22)18-31)13-20-5-4-6-21(14-20)15-27(34)29-12-10-24-7-2-3-11-28-24/h2-9,11,14,16,19,26,30-33H,10,12-13,15,17-18H2,1H3,(H,29,34)/t19-,26-/m1/s1. The summed E-state index contributed by atoms with van der Waals surface area (Å²) in [4.78, 5) is 16.6. The first kappa shape index (κ1) is 25.4. The fraction of sp³-hybridized carbons (Fsp3) is 0.333. The van der Waals surface area contributed by atoms with Crippen molar-refractivity contribution in [1.29, 1.82) is 0 Å². The number of hydrogen-bond donors (Lipinski definition) is 5. The van der Waals surface area contributed by atoms with Crippen LogP contribution in [0, 0.1) is 0 Å². The second-order valence-electron chi connectivity index (χ2n) is 8.49. The van der Waals surface area contributed by atoms with Crippen molar-refractivity contribution >= 4 is 5.91 Å². The zero-order chi connectivity index (χ0) is 24.3. The number of amides is 1. The molecule has 7 heteroatoms. The Morgan fingerprint density at radius 2 is 1.88 bits per heavy atom. The lowest BCUT2D eigenvalue weighted by Gasteiger charge is -2.18. The molecule has 0 fully saturated rings. The van der Waals surface area contributed by atoms with Gasteiger partial charge in [0.1, 0.15) is 5.75 Å². The molecule has 0 aliphatic carbocycles. The molecular formula is C27H33N3O4. The van der Waals surface area contributed by atoms with Gasteiger partial charge in [-0.05, 0) is 54.3 Å². The highest BCUT2D eigenvalue weighted by Crippen LogP contribution is 2.22. The molecule has 34 heavy (non-hydrogen) atoms. The van der Waals surface area contributed by atoms with Crippen LogP contribution in [0.15, 0.2) is 66.9 Å². The summed E-state index contributed by atoms with van der Waals surface area (Å²) >= 11 is 0. The summed E-state index contributed by atoms with van der Waals surface area (Å²) in [6.45, 7) is 2.66. The molecule has 1 aromatic heterocycles. The molecule has 0 radical (unpaired) electrons. The van der Waals surface area contributed by atoms with Gasteiger partial charge in [0.2, 0.25) is 5.91 Å².